The van der Waals surface area contributed by atoms with E-state index in [4.69, 9.17) is 4.74 Å². The van der Waals surface area contributed by atoms with Crippen LogP contribution in [0.1, 0.15) is 43.9 Å². The summed E-state index contributed by atoms with van der Waals surface area (Å²) in [4.78, 5) is 13.9. The van der Waals surface area contributed by atoms with E-state index in [1.165, 1.54) is 37.0 Å². The normalized spacial score (nSPS) is 27.0. The Labute approximate surface area is 148 Å². The molecule has 1 saturated carbocycles. The third kappa shape index (κ3) is 4.27. The number of nitrogens with one attached hydrogen (secondary N) is 2. The number of hydrogen-bond donors (Lipinski definition) is 2. The van der Waals surface area contributed by atoms with Gasteiger partial charge in [0.25, 0.3) is 0 Å². The van der Waals surface area contributed by atoms with Crippen LogP contribution < -0.4 is 10.6 Å². The van der Waals surface area contributed by atoms with E-state index in [1.807, 2.05) is 18.3 Å². The molecule has 130 valence electrons. The van der Waals surface area contributed by atoms with Crippen molar-refractivity contribution in [2.75, 3.05) is 19.7 Å². The lowest BCUT2D eigenvalue weighted by Gasteiger charge is -2.38. The summed E-state index contributed by atoms with van der Waals surface area (Å²) >= 11 is 1.82. The van der Waals surface area contributed by atoms with E-state index in [-0.39, 0.29) is 35.9 Å². The van der Waals surface area contributed by atoms with Crippen LogP contribution in [0.4, 0.5) is 0 Å². The number of rotatable bonds is 4. The van der Waals surface area contributed by atoms with Crippen LogP contribution in [0, 0.1) is 0 Å². The molecule has 4 nitrogen and oxygen atoms in total. The lowest BCUT2D eigenvalue weighted by Crippen LogP contribution is -2.57. The first-order valence-electron chi connectivity index (χ1n) is 8.38. The van der Waals surface area contributed by atoms with Crippen LogP contribution in [-0.4, -0.2) is 37.7 Å². The Kier molecular flexibility index (Phi) is 6.89. The lowest BCUT2D eigenvalue weighted by atomic mass is 9.73. The molecule has 0 spiro atoms. The molecular weight excluding hydrogens is 332 g/mol. The fourth-order valence-corrected chi connectivity index (χ4v) is 4.70. The molecule has 1 saturated heterocycles. The molecule has 1 aliphatic heterocycles. The zero-order chi connectivity index (χ0) is 15.4. The Hall–Kier alpha value is -0.620. The topological polar surface area (TPSA) is 50.4 Å². The van der Waals surface area contributed by atoms with E-state index in [2.05, 4.69) is 28.1 Å². The Morgan fingerprint density at radius 2 is 2.22 bits per heavy atom. The van der Waals surface area contributed by atoms with E-state index in [1.54, 1.807) is 0 Å². The molecule has 2 N–H and O–H groups in total. The predicted molar refractivity (Wildman–Crippen MR) is 96.5 cm³/mol. The average Bonchev–Trinajstić information content (AvgIpc) is 3.09. The smallest absolute Gasteiger partial charge is 0.239 e. The summed E-state index contributed by atoms with van der Waals surface area (Å²) in [5.74, 6) is 0.0775. The van der Waals surface area contributed by atoms with Crippen molar-refractivity contribution in [1.82, 2.24) is 10.6 Å². The van der Waals surface area contributed by atoms with Crippen molar-refractivity contribution < 1.29 is 9.53 Å². The molecule has 0 bridgehead atoms. The van der Waals surface area contributed by atoms with Gasteiger partial charge in [0.1, 0.15) is 6.04 Å². The first kappa shape index (κ1) is 18.7. The van der Waals surface area contributed by atoms with Gasteiger partial charge in [-0.2, -0.15) is 0 Å². The molecule has 6 heteroatoms. The summed E-state index contributed by atoms with van der Waals surface area (Å²) in [5, 5.41) is 8.62. The molecule has 0 unspecified atom stereocenters. The lowest BCUT2D eigenvalue weighted by molar-refractivity contribution is -0.129. The van der Waals surface area contributed by atoms with Gasteiger partial charge in [-0.1, -0.05) is 25.3 Å². The summed E-state index contributed by atoms with van der Waals surface area (Å²) in [5.41, 5.74) is 0.140. The fourth-order valence-electron chi connectivity index (χ4n) is 3.71. The number of amides is 1. The van der Waals surface area contributed by atoms with Gasteiger partial charge in [0.05, 0.1) is 12.7 Å². The maximum atomic E-state index is 12.5. The highest BCUT2D eigenvalue weighted by Crippen LogP contribution is 2.41. The second-order valence-electron chi connectivity index (χ2n) is 6.54. The van der Waals surface area contributed by atoms with Gasteiger partial charge in [-0.3, -0.25) is 4.79 Å². The van der Waals surface area contributed by atoms with Crippen molar-refractivity contribution in [3.05, 3.63) is 22.4 Å². The summed E-state index contributed by atoms with van der Waals surface area (Å²) in [7, 11) is 0. The van der Waals surface area contributed by atoms with Gasteiger partial charge in [-0.05, 0) is 31.2 Å². The molecule has 1 aliphatic carbocycles. The molecule has 1 aromatic heterocycles. The number of hydrogen-bond acceptors (Lipinski definition) is 4. The first-order valence-corrected chi connectivity index (χ1v) is 9.26. The van der Waals surface area contributed by atoms with Gasteiger partial charge in [-0.25, -0.2) is 0 Å². The van der Waals surface area contributed by atoms with Crippen molar-refractivity contribution >= 4 is 29.7 Å². The minimum atomic E-state index is -0.224. The van der Waals surface area contributed by atoms with Crippen LogP contribution in [0.2, 0.25) is 0 Å². The highest BCUT2D eigenvalue weighted by Gasteiger charge is 2.36. The maximum absolute atomic E-state index is 12.5. The molecule has 2 aliphatic rings. The summed E-state index contributed by atoms with van der Waals surface area (Å²) in [6.45, 7) is 4.14. The van der Waals surface area contributed by atoms with Crippen LogP contribution in [0.15, 0.2) is 17.5 Å². The second kappa shape index (κ2) is 8.47. The predicted octanol–water partition coefficient (Wildman–Crippen LogP) is 2.86. The molecule has 23 heavy (non-hydrogen) atoms. The van der Waals surface area contributed by atoms with E-state index >= 15 is 0 Å². The van der Waals surface area contributed by atoms with Crippen molar-refractivity contribution in [2.45, 2.75) is 56.6 Å². The van der Waals surface area contributed by atoms with Crippen molar-refractivity contribution in [3.63, 3.8) is 0 Å². The SMILES string of the molecule is C[C@H]1OCCN[C@@H]1C(=O)NCC1(c2cccs2)CCCCC1.Cl. The largest absolute Gasteiger partial charge is 0.375 e. The van der Waals surface area contributed by atoms with E-state index < -0.39 is 0 Å². The molecule has 3 rings (SSSR count). The molecule has 1 aromatic rings. The van der Waals surface area contributed by atoms with Gasteiger partial charge < -0.3 is 15.4 Å². The fraction of sp³-hybridized carbons (Fsp3) is 0.706. The first-order chi connectivity index (χ1) is 10.7. The minimum Gasteiger partial charge on any atom is -0.375 e. The van der Waals surface area contributed by atoms with Gasteiger partial charge >= 0.3 is 0 Å². The molecule has 1 amide bonds. The number of carbonyl (C=O) groups is 1. The van der Waals surface area contributed by atoms with E-state index in [0.29, 0.717) is 6.61 Å². The number of ether oxygens (including phenoxy) is 1. The molecule has 2 heterocycles. The Morgan fingerprint density at radius 3 is 2.87 bits per heavy atom. The highest BCUT2D eigenvalue weighted by molar-refractivity contribution is 7.10. The summed E-state index contributed by atoms with van der Waals surface area (Å²) < 4.78 is 5.58. The number of carbonyl (C=O) groups excluding carboxylic acids is 1. The van der Waals surface area contributed by atoms with Crippen LogP contribution in [-0.2, 0) is 14.9 Å². The highest BCUT2D eigenvalue weighted by atomic mass is 35.5. The third-order valence-corrected chi connectivity index (χ3v) is 6.17. The Morgan fingerprint density at radius 1 is 1.43 bits per heavy atom. The van der Waals surface area contributed by atoms with Crippen molar-refractivity contribution in [3.8, 4) is 0 Å². The van der Waals surface area contributed by atoms with E-state index in [9.17, 15) is 4.79 Å². The molecular formula is C17H27ClN2O2S. The van der Waals surface area contributed by atoms with Gasteiger partial charge in [0.2, 0.25) is 5.91 Å². The minimum absolute atomic E-state index is 0. The van der Waals surface area contributed by atoms with Crippen LogP contribution in [0.3, 0.4) is 0 Å². The Balaban J connectivity index is 0.00000192. The standard InChI is InChI=1S/C17H26N2O2S.ClH/c1-13-15(18-9-10-21-13)16(20)19-12-17(7-3-2-4-8-17)14-6-5-11-22-14;/h5-6,11,13,15,18H,2-4,7-10,12H2,1H3,(H,19,20);1H/t13-,15+;/m1./s1. The average molecular weight is 359 g/mol. The molecule has 0 aromatic carbocycles. The zero-order valence-corrected chi connectivity index (χ0v) is 15.3. The maximum Gasteiger partial charge on any atom is 0.239 e. The molecule has 2 fully saturated rings. The third-order valence-electron chi connectivity index (χ3n) is 5.05. The van der Waals surface area contributed by atoms with Crippen molar-refractivity contribution in [2.24, 2.45) is 0 Å². The summed E-state index contributed by atoms with van der Waals surface area (Å²) in [6, 6.07) is 4.13. The van der Waals surface area contributed by atoms with Crippen LogP contribution >= 0.6 is 23.7 Å². The van der Waals surface area contributed by atoms with Gasteiger partial charge in [0.15, 0.2) is 0 Å². The van der Waals surface area contributed by atoms with Gasteiger partial charge in [-0.15, -0.1) is 23.7 Å². The number of thiophene rings is 1. The zero-order valence-electron chi connectivity index (χ0n) is 13.7. The van der Waals surface area contributed by atoms with E-state index in [0.717, 1.165) is 13.1 Å². The summed E-state index contributed by atoms with van der Waals surface area (Å²) in [6.07, 6.45) is 6.13. The quantitative estimate of drug-likeness (QED) is 0.870. The second-order valence-corrected chi connectivity index (χ2v) is 7.49. The molecule has 2 atom stereocenters. The monoisotopic (exact) mass is 358 g/mol. The number of halogens is 1. The molecule has 0 radical (unpaired) electrons. The Bertz CT molecular complexity index is 489. The van der Waals surface area contributed by atoms with Gasteiger partial charge in [0, 0.05) is 23.4 Å². The van der Waals surface area contributed by atoms with Crippen LogP contribution in [0.5, 0.6) is 0 Å². The van der Waals surface area contributed by atoms with Crippen LogP contribution in [0.25, 0.3) is 0 Å². The number of morpholine rings is 1. The van der Waals surface area contributed by atoms with Crippen molar-refractivity contribution in [1.29, 1.82) is 0 Å².